The van der Waals surface area contributed by atoms with Gasteiger partial charge in [0, 0.05) is 62.9 Å². The number of rotatable bonds is 9. The second-order valence-corrected chi connectivity index (χ2v) is 11.1. The molecule has 2 aromatic carbocycles. The van der Waals surface area contributed by atoms with Gasteiger partial charge in [-0.05, 0) is 62.3 Å². The van der Waals surface area contributed by atoms with Gasteiger partial charge in [-0.15, -0.1) is 0 Å². The molecule has 0 bridgehead atoms. The van der Waals surface area contributed by atoms with Crippen LogP contribution in [-0.4, -0.2) is 54.6 Å². The molecule has 4 N–H and O–H groups in total. The number of anilines is 1. The number of hydrogen-bond acceptors (Lipinski definition) is 6. The van der Waals surface area contributed by atoms with Gasteiger partial charge in [0.15, 0.2) is 0 Å². The van der Waals surface area contributed by atoms with E-state index in [-0.39, 0.29) is 42.4 Å². The van der Waals surface area contributed by atoms with Crippen LogP contribution in [0, 0.1) is 17.5 Å². The van der Waals surface area contributed by atoms with E-state index in [1.807, 2.05) is 0 Å². The van der Waals surface area contributed by atoms with Crippen molar-refractivity contribution in [2.45, 2.75) is 81.7 Å². The molecule has 0 radical (unpaired) electrons. The van der Waals surface area contributed by atoms with Crippen molar-refractivity contribution in [2.75, 3.05) is 25.1 Å². The summed E-state index contributed by atoms with van der Waals surface area (Å²) in [6.45, 7) is 2.70. The fourth-order valence-corrected chi connectivity index (χ4v) is 5.85. The van der Waals surface area contributed by atoms with Crippen molar-refractivity contribution >= 4 is 11.6 Å². The van der Waals surface area contributed by atoms with E-state index >= 15 is 4.39 Å². The number of hydrogen-bond donors (Lipinski definition) is 4. The standard InChI is InChI=1S/C29H36F3N3O4/c1-17(36)34-25(11-18-9-19(30)12-20(31)10-18)27(37)16-33-26-15-29(5-2-6-29)39-28-14-23(32)24(13-22(26)28)35-21-3-7-38-8-4-21/h9-10,12-14,21,25-27,33,35,37H,2-8,11,15-16H2,1H3,(H,34,36)/t25-,26-,27-/m0/s1. The van der Waals surface area contributed by atoms with Crippen LogP contribution in [0.5, 0.6) is 5.75 Å². The van der Waals surface area contributed by atoms with E-state index in [1.54, 1.807) is 6.07 Å². The van der Waals surface area contributed by atoms with Gasteiger partial charge in [-0.1, -0.05) is 0 Å². The van der Waals surface area contributed by atoms with E-state index in [4.69, 9.17) is 9.47 Å². The highest BCUT2D eigenvalue weighted by Gasteiger charge is 2.46. The quantitative estimate of drug-likeness (QED) is 0.377. The van der Waals surface area contributed by atoms with E-state index in [2.05, 4.69) is 16.0 Å². The molecule has 2 aliphatic heterocycles. The average molecular weight is 548 g/mol. The van der Waals surface area contributed by atoms with E-state index in [0.717, 1.165) is 43.7 Å². The molecule has 10 heteroatoms. The van der Waals surface area contributed by atoms with Gasteiger partial charge < -0.3 is 30.5 Å². The van der Waals surface area contributed by atoms with Crippen LogP contribution in [-0.2, 0) is 16.0 Å². The lowest BCUT2D eigenvalue weighted by Gasteiger charge is -2.48. The van der Waals surface area contributed by atoms with Crippen molar-refractivity contribution in [1.29, 1.82) is 0 Å². The van der Waals surface area contributed by atoms with Crippen molar-refractivity contribution < 1.29 is 32.5 Å². The summed E-state index contributed by atoms with van der Waals surface area (Å²) in [7, 11) is 0. The van der Waals surface area contributed by atoms with Crippen molar-refractivity contribution in [3.8, 4) is 5.75 Å². The number of aliphatic hydroxyl groups is 1. The van der Waals surface area contributed by atoms with Crippen LogP contribution in [0.15, 0.2) is 30.3 Å². The molecule has 2 aromatic rings. The minimum Gasteiger partial charge on any atom is -0.487 e. The Morgan fingerprint density at radius 2 is 1.82 bits per heavy atom. The number of nitrogens with one attached hydrogen (secondary N) is 3. The summed E-state index contributed by atoms with van der Waals surface area (Å²) in [5, 5.41) is 20.5. The zero-order chi connectivity index (χ0) is 27.6. The van der Waals surface area contributed by atoms with E-state index < -0.39 is 23.8 Å². The van der Waals surface area contributed by atoms with E-state index in [9.17, 15) is 18.7 Å². The highest BCUT2D eigenvalue weighted by molar-refractivity contribution is 5.73. The number of amides is 1. The van der Waals surface area contributed by atoms with E-state index in [1.165, 1.54) is 25.1 Å². The van der Waals surface area contributed by atoms with Crippen LogP contribution in [0.3, 0.4) is 0 Å². The summed E-state index contributed by atoms with van der Waals surface area (Å²) in [5.74, 6) is -1.68. The first-order valence-corrected chi connectivity index (χ1v) is 13.7. The first-order chi connectivity index (χ1) is 18.7. The lowest BCUT2D eigenvalue weighted by molar-refractivity contribution is -0.120. The molecule has 3 aliphatic rings. The van der Waals surface area contributed by atoms with Crippen LogP contribution >= 0.6 is 0 Å². The number of ether oxygens (including phenoxy) is 2. The van der Waals surface area contributed by atoms with Gasteiger partial charge in [0.25, 0.3) is 0 Å². The molecule has 1 saturated carbocycles. The lowest BCUT2D eigenvalue weighted by atomic mass is 9.73. The second-order valence-electron chi connectivity index (χ2n) is 11.1. The number of aliphatic hydroxyl groups excluding tert-OH is 1. The van der Waals surface area contributed by atoms with Gasteiger partial charge in [-0.2, -0.15) is 0 Å². The molecule has 2 heterocycles. The highest BCUT2D eigenvalue weighted by atomic mass is 19.1. The molecule has 1 spiro atoms. The number of halogens is 3. The predicted molar refractivity (Wildman–Crippen MR) is 140 cm³/mol. The normalized spacial score (nSPS) is 21.8. The zero-order valence-corrected chi connectivity index (χ0v) is 22.1. The maximum absolute atomic E-state index is 15.1. The molecule has 3 atom stereocenters. The number of benzene rings is 2. The molecule has 5 rings (SSSR count). The summed E-state index contributed by atoms with van der Waals surface area (Å²) in [4.78, 5) is 11.9. The Morgan fingerprint density at radius 3 is 2.46 bits per heavy atom. The Bertz CT molecular complexity index is 1170. The molecule has 7 nitrogen and oxygen atoms in total. The Hall–Kier alpha value is -2.82. The third-order valence-corrected chi connectivity index (χ3v) is 8.03. The van der Waals surface area contributed by atoms with Crippen molar-refractivity contribution in [2.24, 2.45) is 0 Å². The second kappa shape index (κ2) is 11.7. The van der Waals surface area contributed by atoms with Gasteiger partial charge in [-0.3, -0.25) is 4.79 Å². The average Bonchev–Trinajstić information content (AvgIpc) is 2.86. The maximum atomic E-state index is 15.1. The number of fused-ring (bicyclic) bond motifs is 1. The third kappa shape index (κ3) is 6.67. The van der Waals surface area contributed by atoms with Crippen LogP contribution in [0.1, 0.15) is 62.6 Å². The summed E-state index contributed by atoms with van der Waals surface area (Å²) in [6.07, 6.45) is 4.03. The monoisotopic (exact) mass is 547 g/mol. The third-order valence-electron chi connectivity index (χ3n) is 8.03. The molecule has 39 heavy (non-hydrogen) atoms. The first-order valence-electron chi connectivity index (χ1n) is 13.7. The SMILES string of the molecule is CC(=O)N[C@@H](Cc1cc(F)cc(F)c1)[C@@H](O)CN[C@H]1CC2(CCC2)Oc2cc(F)c(NC3CCOCC3)cc21. The first kappa shape index (κ1) is 27.7. The topological polar surface area (TPSA) is 91.9 Å². The van der Waals surface area contributed by atoms with Gasteiger partial charge in [-0.25, -0.2) is 13.2 Å². The molecule has 2 fully saturated rings. The van der Waals surface area contributed by atoms with Gasteiger partial charge in [0.05, 0.1) is 17.8 Å². The molecule has 1 saturated heterocycles. The largest absolute Gasteiger partial charge is 0.487 e. The minimum absolute atomic E-state index is 0.0514. The summed E-state index contributed by atoms with van der Waals surface area (Å²) < 4.78 is 54.3. The Morgan fingerprint density at radius 1 is 1.10 bits per heavy atom. The van der Waals surface area contributed by atoms with Crippen LogP contribution < -0.4 is 20.7 Å². The molecule has 0 aromatic heterocycles. The maximum Gasteiger partial charge on any atom is 0.217 e. The molecular formula is C29H36F3N3O4. The molecular weight excluding hydrogens is 511 g/mol. The summed E-state index contributed by atoms with van der Waals surface area (Å²) >= 11 is 0. The summed E-state index contributed by atoms with van der Waals surface area (Å²) in [5.41, 5.74) is 1.17. The van der Waals surface area contributed by atoms with Gasteiger partial charge >= 0.3 is 0 Å². The number of carbonyl (C=O) groups excluding carboxylic acids is 1. The molecule has 1 amide bonds. The van der Waals surface area contributed by atoms with Crippen LogP contribution in [0.25, 0.3) is 0 Å². The van der Waals surface area contributed by atoms with Crippen molar-refractivity contribution in [1.82, 2.24) is 10.6 Å². The molecule has 212 valence electrons. The number of carbonyl (C=O) groups is 1. The van der Waals surface area contributed by atoms with Crippen molar-refractivity contribution in [3.63, 3.8) is 0 Å². The van der Waals surface area contributed by atoms with Gasteiger partial charge in [0.1, 0.15) is 28.8 Å². The Kier molecular flexibility index (Phi) is 8.35. The van der Waals surface area contributed by atoms with E-state index in [0.29, 0.717) is 36.6 Å². The van der Waals surface area contributed by atoms with Gasteiger partial charge in [0.2, 0.25) is 5.91 Å². The zero-order valence-electron chi connectivity index (χ0n) is 22.1. The molecule has 1 aliphatic carbocycles. The fraction of sp³-hybridized carbons (Fsp3) is 0.552. The van der Waals surface area contributed by atoms with Crippen LogP contribution in [0.4, 0.5) is 18.9 Å². The highest BCUT2D eigenvalue weighted by Crippen LogP contribution is 2.49. The van der Waals surface area contributed by atoms with Crippen LogP contribution in [0.2, 0.25) is 0 Å². The fourth-order valence-electron chi connectivity index (χ4n) is 5.85. The Labute approximate surface area is 226 Å². The predicted octanol–water partition coefficient (Wildman–Crippen LogP) is 4.14. The Balaban J connectivity index is 1.33. The van der Waals surface area contributed by atoms with Crippen molar-refractivity contribution in [3.05, 3.63) is 58.9 Å². The molecule has 0 unspecified atom stereocenters. The summed E-state index contributed by atoms with van der Waals surface area (Å²) in [6, 6.07) is 5.52. The lowest BCUT2D eigenvalue weighted by Crippen LogP contribution is -2.52. The smallest absolute Gasteiger partial charge is 0.217 e. The minimum atomic E-state index is -1.05.